The highest BCUT2D eigenvalue weighted by Crippen LogP contribution is 2.13. The van der Waals surface area contributed by atoms with Crippen LogP contribution in [0.5, 0.6) is 0 Å². The number of hydroxylamine groups is 1. The average Bonchev–Trinajstić information content (AvgIpc) is 2.56. The van der Waals surface area contributed by atoms with Crippen LogP contribution in [0.2, 0.25) is 5.02 Å². The highest BCUT2D eigenvalue weighted by atomic mass is 35.5. The Morgan fingerprint density at radius 2 is 1.79 bits per heavy atom. The van der Waals surface area contributed by atoms with Crippen LogP contribution < -0.4 is 4.72 Å². The van der Waals surface area contributed by atoms with Gasteiger partial charge in [0.1, 0.15) is 0 Å². The van der Waals surface area contributed by atoms with Gasteiger partial charge in [0.05, 0.1) is 23.1 Å². The molecule has 124 valence electrons. The number of nitrogens with zero attached hydrogens (tertiary/aromatic N) is 2. The summed E-state index contributed by atoms with van der Waals surface area (Å²) in [7, 11) is -3.68. The van der Waals surface area contributed by atoms with Crippen LogP contribution >= 0.6 is 11.6 Å². The van der Waals surface area contributed by atoms with Gasteiger partial charge in [0.15, 0.2) is 12.8 Å². The molecular formula is C16H14ClN3O3S. The van der Waals surface area contributed by atoms with Crippen molar-refractivity contribution in [2.45, 2.75) is 4.90 Å². The van der Waals surface area contributed by atoms with Crippen LogP contribution in [0.25, 0.3) is 0 Å². The molecule has 0 heterocycles. The normalized spacial score (nSPS) is 11.9. The van der Waals surface area contributed by atoms with E-state index in [0.29, 0.717) is 20.9 Å². The van der Waals surface area contributed by atoms with E-state index in [4.69, 9.17) is 16.9 Å². The van der Waals surface area contributed by atoms with E-state index in [1.165, 1.54) is 30.5 Å². The summed E-state index contributed by atoms with van der Waals surface area (Å²) in [5.74, 6) is 0. The maximum atomic E-state index is 12.0. The van der Waals surface area contributed by atoms with Crippen LogP contribution in [0.1, 0.15) is 11.1 Å². The van der Waals surface area contributed by atoms with Crippen molar-refractivity contribution in [1.29, 1.82) is 5.26 Å². The van der Waals surface area contributed by atoms with Gasteiger partial charge in [-0.25, -0.2) is 17.9 Å². The van der Waals surface area contributed by atoms with Crippen LogP contribution in [-0.2, 0) is 10.0 Å². The number of hydrogen-bond donors (Lipinski definition) is 1. The molecule has 0 atom stereocenters. The standard InChI is InChI=1S/C16H14ClN3O3S/c17-15-5-7-16(8-6-15)24(22,23)19-9-10-20(21)12-14-3-1-13(11-18)2-4-14/h1-8,12,19H,9-10H2/b20-12-. The van der Waals surface area contributed by atoms with Gasteiger partial charge in [0.2, 0.25) is 10.0 Å². The number of rotatable bonds is 6. The van der Waals surface area contributed by atoms with Crippen LogP contribution in [0.15, 0.2) is 53.4 Å². The predicted molar refractivity (Wildman–Crippen MR) is 91.5 cm³/mol. The maximum Gasteiger partial charge on any atom is 0.240 e. The van der Waals surface area contributed by atoms with Crippen LogP contribution in [0, 0.1) is 16.5 Å². The molecule has 6 nitrogen and oxygen atoms in total. The number of hydrogen-bond acceptors (Lipinski definition) is 4. The lowest BCUT2D eigenvalue weighted by Crippen LogP contribution is -2.29. The Balaban J connectivity index is 1.93. The quantitative estimate of drug-likeness (QED) is 0.368. The maximum absolute atomic E-state index is 12.0. The van der Waals surface area contributed by atoms with E-state index in [-0.39, 0.29) is 18.0 Å². The summed E-state index contributed by atoms with van der Waals surface area (Å²) in [6.07, 6.45) is 1.33. The largest absolute Gasteiger partial charge is 0.624 e. The van der Waals surface area contributed by atoms with Gasteiger partial charge in [-0.1, -0.05) is 11.6 Å². The van der Waals surface area contributed by atoms with E-state index in [1.54, 1.807) is 24.3 Å². The first kappa shape index (κ1) is 17.9. The molecule has 2 aromatic carbocycles. The fourth-order valence-corrected chi connectivity index (χ4v) is 3.01. The highest BCUT2D eigenvalue weighted by molar-refractivity contribution is 7.89. The Morgan fingerprint density at radius 1 is 1.17 bits per heavy atom. The Morgan fingerprint density at radius 3 is 2.38 bits per heavy atom. The van der Waals surface area contributed by atoms with Gasteiger partial charge in [-0.2, -0.15) is 5.26 Å². The molecule has 2 aromatic rings. The third kappa shape index (κ3) is 5.06. The molecule has 0 aliphatic carbocycles. The summed E-state index contributed by atoms with van der Waals surface area (Å²) in [4.78, 5) is 0.0837. The first-order chi connectivity index (χ1) is 11.4. The number of benzene rings is 2. The van der Waals surface area contributed by atoms with Crippen molar-refractivity contribution in [2.75, 3.05) is 13.1 Å². The lowest BCUT2D eigenvalue weighted by molar-refractivity contribution is -0.449. The zero-order valence-corrected chi connectivity index (χ0v) is 14.1. The summed E-state index contributed by atoms with van der Waals surface area (Å²) in [5.41, 5.74) is 1.13. The minimum absolute atomic E-state index is 0.0404. The van der Waals surface area contributed by atoms with Crippen LogP contribution in [0.3, 0.4) is 0 Å². The van der Waals surface area contributed by atoms with Gasteiger partial charge >= 0.3 is 0 Å². The molecule has 0 fully saturated rings. The van der Waals surface area contributed by atoms with Crippen molar-refractivity contribution >= 4 is 27.8 Å². The topological polar surface area (TPSA) is 96.0 Å². The fourth-order valence-electron chi connectivity index (χ4n) is 1.86. The molecular weight excluding hydrogens is 350 g/mol. The van der Waals surface area contributed by atoms with E-state index in [2.05, 4.69) is 4.72 Å². The Kier molecular flexibility index (Phi) is 5.93. The molecule has 0 aromatic heterocycles. The zero-order valence-electron chi connectivity index (χ0n) is 12.5. The molecule has 0 saturated heterocycles. The van der Waals surface area contributed by atoms with Crippen molar-refractivity contribution in [3.05, 3.63) is 69.9 Å². The fraction of sp³-hybridized carbons (Fsp3) is 0.125. The van der Waals surface area contributed by atoms with Crippen molar-refractivity contribution in [1.82, 2.24) is 4.72 Å². The second-order valence-corrected chi connectivity index (χ2v) is 7.06. The summed E-state index contributed by atoms with van der Waals surface area (Å²) in [6, 6.07) is 14.2. The Hall–Kier alpha value is -2.40. The van der Waals surface area contributed by atoms with Gasteiger partial charge in [0, 0.05) is 10.6 Å². The number of sulfonamides is 1. The van der Waals surface area contributed by atoms with Crippen molar-refractivity contribution < 1.29 is 13.2 Å². The third-order valence-electron chi connectivity index (χ3n) is 3.08. The zero-order chi connectivity index (χ0) is 17.6. The van der Waals surface area contributed by atoms with E-state index >= 15 is 0 Å². The van der Waals surface area contributed by atoms with Gasteiger partial charge in [-0.3, -0.25) is 0 Å². The Labute approximate surface area is 145 Å². The molecule has 0 bridgehead atoms. The van der Waals surface area contributed by atoms with Crippen molar-refractivity contribution in [3.63, 3.8) is 0 Å². The molecule has 24 heavy (non-hydrogen) atoms. The lowest BCUT2D eigenvalue weighted by Gasteiger charge is -2.07. The summed E-state index contributed by atoms with van der Waals surface area (Å²) >= 11 is 5.72. The lowest BCUT2D eigenvalue weighted by atomic mass is 10.2. The monoisotopic (exact) mass is 363 g/mol. The van der Waals surface area contributed by atoms with Gasteiger partial charge in [0.25, 0.3) is 0 Å². The van der Waals surface area contributed by atoms with Crippen molar-refractivity contribution in [2.24, 2.45) is 0 Å². The molecule has 0 unspecified atom stereocenters. The van der Waals surface area contributed by atoms with Crippen molar-refractivity contribution in [3.8, 4) is 6.07 Å². The Bertz CT molecular complexity index is 870. The van der Waals surface area contributed by atoms with Gasteiger partial charge in [-0.05, 0) is 48.5 Å². The van der Waals surface area contributed by atoms with Gasteiger partial charge < -0.3 is 5.21 Å². The summed E-state index contributed by atoms with van der Waals surface area (Å²) in [5, 5.41) is 20.9. The summed E-state index contributed by atoms with van der Waals surface area (Å²) < 4.78 is 27.1. The molecule has 0 amide bonds. The average molecular weight is 364 g/mol. The molecule has 0 aliphatic rings. The molecule has 2 rings (SSSR count). The van der Waals surface area contributed by atoms with E-state index in [1.807, 2.05) is 6.07 Å². The number of nitrogens with one attached hydrogen (secondary N) is 1. The minimum atomic E-state index is -3.68. The second kappa shape index (κ2) is 7.93. The molecule has 0 aliphatic heterocycles. The van der Waals surface area contributed by atoms with Gasteiger partial charge in [-0.15, -0.1) is 0 Å². The summed E-state index contributed by atoms with van der Waals surface area (Å²) in [6.45, 7) is -0.0892. The van der Waals surface area contributed by atoms with E-state index in [0.717, 1.165) is 0 Å². The predicted octanol–water partition coefficient (Wildman–Crippen LogP) is 2.12. The smallest absolute Gasteiger partial charge is 0.240 e. The third-order valence-corrected chi connectivity index (χ3v) is 4.81. The molecule has 0 spiro atoms. The number of nitriles is 1. The highest BCUT2D eigenvalue weighted by Gasteiger charge is 2.13. The molecule has 0 saturated carbocycles. The van der Waals surface area contributed by atoms with E-state index in [9.17, 15) is 13.6 Å². The van der Waals surface area contributed by atoms with E-state index < -0.39 is 10.0 Å². The van der Waals surface area contributed by atoms with Crippen LogP contribution in [0.4, 0.5) is 0 Å². The van der Waals surface area contributed by atoms with Crippen LogP contribution in [-0.4, -0.2) is 32.5 Å². The SMILES string of the molecule is N#Cc1ccc(/C=[N+](\[O-])CCNS(=O)(=O)c2ccc(Cl)cc2)cc1. The molecule has 1 N–H and O–H groups in total. The first-order valence-corrected chi connectivity index (χ1v) is 8.81. The number of halogens is 1. The second-order valence-electron chi connectivity index (χ2n) is 4.86. The first-order valence-electron chi connectivity index (χ1n) is 6.95. The molecule has 8 heteroatoms. The molecule has 0 radical (unpaired) electrons. The minimum Gasteiger partial charge on any atom is -0.624 e.